The highest BCUT2D eigenvalue weighted by atomic mass is 16.5. The predicted molar refractivity (Wildman–Crippen MR) is 147 cm³/mol. The third kappa shape index (κ3) is 5.46. The lowest BCUT2D eigenvalue weighted by Crippen LogP contribution is -2.42. The largest absolute Gasteiger partial charge is 0.507 e. The van der Waals surface area contributed by atoms with Crippen molar-refractivity contribution < 1.29 is 24.2 Å². The zero-order valence-electron chi connectivity index (χ0n) is 22.4. The Kier molecular flexibility index (Phi) is 8.09. The molecule has 2 aliphatic heterocycles. The number of benzene rings is 2. The van der Waals surface area contributed by atoms with Crippen molar-refractivity contribution in [3.05, 3.63) is 83.2 Å². The maximum atomic E-state index is 13.5. The highest BCUT2D eigenvalue weighted by Crippen LogP contribution is 2.40. The first-order chi connectivity index (χ1) is 19.0. The molecule has 3 aromatic rings. The Balaban J connectivity index is 1.53. The van der Waals surface area contributed by atoms with Crippen molar-refractivity contribution in [2.45, 2.75) is 26.3 Å². The lowest BCUT2D eigenvalue weighted by Gasteiger charge is -2.31. The third-order valence-electron chi connectivity index (χ3n) is 7.24. The minimum Gasteiger partial charge on any atom is -0.507 e. The molecular weight excluding hydrogens is 496 g/mol. The zero-order chi connectivity index (χ0) is 27.4. The van der Waals surface area contributed by atoms with Crippen molar-refractivity contribution in [3.63, 3.8) is 0 Å². The van der Waals surface area contributed by atoms with Crippen molar-refractivity contribution in [2.75, 3.05) is 46.0 Å². The third-order valence-corrected chi connectivity index (χ3v) is 7.24. The van der Waals surface area contributed by atoms with Crippen LogP contribution in [0.2, 0.25) is 0 Å². The molecule has 1 atom stereocenters. The van der Waals surface area contributed by atoms with Crippen LogP contribution in [0.3, 0.4) is 0 Å². The quantitative estimate of drug-likeness (QED) is 0.256. The number of ketones is 1. The molecule has 0 saturated carbocycles. The van der Waals surface area contributed by atoms with Gasteiger partial charge in [0.2, 0.25) is 0 Å². The molecule has 2 fully saturated rings. The second-order valence-corrected chi connectivity index (χ2v) is 9.76. The van der Waals surface area contributed by atoms with Crippen molar-refractivity contribution in [1.82, 2.24) is 19.6 Å². The van der Waals surface area contributed by atoms with Crippen LogP contribution in [-0.4, -0.2) is 82.4 Å². The van der Waals surface area contributed by atoms with Gasteiger partial charge in [-0.2, -0.15) is 5.10 Å². The lowest BCUT2D eigenvalue weighted by atomic mass is 9.95. The Labute approximate surface area is 228 Å². The molecule has 2 saturated heterocycles. The maximum absolute atomic E-state index is 13.5. The number of para-hydroxylation sites is 1. The number of Topliss-reactive ketones (excluding diaryl/α,β-unsaturated/α-hetero) is 1. The number of carbonyl (C=O) groups excluding carboxylic acids is 2. The van der Waals surface area contributed by atoms with E-state index >= 15 is 0 Å². The second-order valence-electron chi connectivity index (χ2n) is 9.76. The van der Waals surface area contributed by atoms with Gasteiger partial charge in [0.05, 0.1) is 54.6 Å². The number of likely N-dealkylation sites (tertiary alicyclic amines) is 1. The summed E-state index contributed by atoms with van der Waals surface area (Å²) in [5, 5.41) is 16.0. The van der Waals surface area contributed by atoms with Crippen LogP contribution in [0.1, 0.15) is 36.2 Å². The number of rotatable bonds is 9. The Morgan fingerprint density at radius 1 is 1.05 bits per heavy atom. The molecule has 3 heterocycles. The molecule has 0 radical (unpaired) electrons. The zero-order valence-corrected chi connectivity index (χ0v) is 22.4. The summed E-state index contributed by atoms with van der Waals surface area (Å²) in [6.07, 6.45) is 2.43. The standard InChI is InChI=1S/C30H34N4O5/c1-3-17-39-24-11-9-22(10-12-24)27-26(29(36)30(37)33(27)14-13-32-15-18-38-19-16-32)28(35)25-20-31-34(21(25)2)23-7-5-4-6-8-23/h4-12,20,27,35H,3,13-19H2,1-2H3/b28-26+. The first-order valence-electron chi connectivity index (χ1n) is 13.4. The van der Waals surface area contributed by atoms with Crippen LogP contribution in [0.4, 0.5) is 0 Å². The molecule has 5 rings (SSSR count). The summed E-state index contributed by atoms with van der Waals surface area (Å²) >= 11 is 0. The number of aliphatic hydroxyl groups excluding tert-OH is 1. The summed E-state index contributed by atoms with van der Waals surface area (Å²) in [6, 6.07) is 16.2. The molecule has 0 aliphatic carbocycles. The predicted octanol–water partition coefficient (Wildman–Crippen LogP) is 3.72. The molecule has 39 heavy (non-hydrogen) atoms. The van der Waals surface area contributed by atoms with E-state index in [1.807, 2.05) is 68.4 Å². The molecule has 1 N–H and O–H groups in total. The second kappa shape index (κ2) is 11.8. The number of aromatic nitrogens is 2. The van der Waals surface area contributed by atoms with Gasteiger partial charge in [0.15, 0.2) is 0 Å². The molecule has 2 aromatic carbocycles. The molecule has 2 aliphatic rings. The van der Waals surface area contributed by atoms with Gasteiger partial charge in [0.1, 0.15) is 11.5 Å². The summed E-state index contributed by atoms with van der Waals surface area (Å²) in [5.41, 5.74) is 2.71. The van der Waals surface area contributed by atoms with Crippen LogP contribution >= 0.6 is 0 Å². The number of hydrogen-bond donors (Lipinski definition) is 1. The van der Waals surface area contributed by atoms with Gasteiger partial charge in [-0.05, 0) is 43.2 Å². The average molecular weight is 531 g/mol. The average Bonchev–Trinajstić information content (AvgIpc) is 3.48. The minimum atomic E-state index is -0.731. The molecule has 204 valence electrons. The lowest BCUT2D eigenvalue weighted by molar-refractivity contribution is -0.140. The Morgan fingerprint density at radius 2 is 1.77 bits per heavy atom. The number of ether oxygens (including phenoxy) is 2. The first kappa shape index (κ1) is 26.6. The Hall–Kier alpha value is -3.95. The van der Waals surface area contributed by atoms with E-state index in [-0.39, 0.29) is 11.3 Å². The topological polar surface area (TPSA) is 97.1 Å². The van der Waals surface area contributed by atoms with Crippen LogP contribution in [0.15, 0.2) is 66.4 Å². The van der Waals surface area contributed by atoms with E-state index in [1.54, 1.807) is 9.58 Å². The van der Waals surface area contributed by atoms with Crippen LogP contribution in [-0.2, 0) is 14.3 Å². The van der Waals surface area contributed by atoms with E-state index in [0.29, 0.717) is 49.9 Å². The molecule has 1 aromatic heterocycles. The molecular formula is C30H34N4O5. The monoisotopic (exact) mass is 530 g/mol. The molecule has 1 unspecified atom stereocenters. The van der Waals surface area contributed by atoms with E-state index in [0.717, 1.165) is 30.8 Å². The van der Waals surface area contributed by atoms with Gasteiger partial charge >= 0.3 is 0 Å². The van der Waals surface area contributed by atoms with Gasteiger partial charge in [0.25, 0.3) is 11.7 Å². The first-order valence-corrected chi connectivity index (χ1v) is 13.4. The van der Waals surface area contributed by atoms with Gasteiger partial charge in [-0.3, -0.25) is 14.5 Å². The summed E-state index contributed by atoms with van der Waals surface area (Å²) < 4.78 is 12.9. The SMILES string of the molecule is CCCOc1ccc(C2/C(=C(\O)c3cnn(-c4ccccc4)c3C)C(=O)C(=O)N2CCN2CCOCC2)cc1. The molecule has 9 heteroatoms. The van der Waals surface area contributed by atoms with E-state index in [9.17, 15) is 14.7 Å². The van der Waals surface area contributed by atoms with Gasteiger partial charge in [-0.15, -0.1) is 0 Å². The van der Waals surface area contributed by atoms with Crippen LogP contribution in [0, 0.1) is 6.92 Å². The highest BCUT2D eigenvalue weighted by Gasteiger charge is 2.46. The summed E-state index contributed by atoms with van der Waals surface area (Å²) in [6.45, 7) is 8.26. The smallest absolute Gasteiger partial charge is 0.295 e. The fourth-order valence-corrected chi connectivity index (χ4v) is 5.11. The molecule has 0 spiro atoms. The van der Waals surface area contributed by atoms with Gasteiger partial charge < -0.3 is 19.5 Å². The highest BCUT2D eigenvalue weighted by molar-refractivity contribution is 6.46. The summed E-state index contributed by atoms with van der Waals surface area (Å²) in [5.74, 6) is -0.823. The van der Waals surface area contributed by atoms with Gasteiger partial charge in [-0.1, -0.05) is 37.3 Å². The number of amides is 1. The number of morpholine rings is 1. The van der Waals surface area contributed by atoms with E-state index < -0.39 is 17.7 Å². The normalized spacial score (nSPS) is 19.5. The molecule has 1 amide bonds. The van der Waals surface area contributed by atoms with Crippen molar-refractivity contribution >= 4 is 17.4 Å². The number of carbonyl (C=O) groups is 2. The van der Waals surface area contributed by atoms with Crippen molar-refractivity contribution in [1.29, 1.82) is 0 Å². The van der Waals surface area contributed by atoms with Gasteiger partial charge in [-0.25, -0.2) is 4.68 Å². The van der Waals surface area contributed by atoms with Crippen LogP contribution < -0.4 is 4.74 Å². The minimum absolute atomic E-state index is 0.0694. The Bertz CT molecular complexity index is 1340. The summed E-state index contributed by atoms with van der Waals surface area (Å²) in [4.78, 5) is 30.6. The van der Waals surface area contributed by atoms with Crippen LogP contribution in [0.25, 0.3) is 11.4 Å². The molecule has 0 bridgehead atoms. The van der Waals surface area contributed by atoms with E-state index in [1.165, 1.54) is 6.20 Å². The van der Waals surface area contributed by atoms with Crippen molar-refractivity contribution in [3.8, 4) is 11.4 Å². The molecule has 9 nitrogen and oxygen atoms in total. The fraction of sp³-hybridized carbons (Fsp3) is 0.367. The number of nitrogens with zero attached hydrogens (tertiary/aromatic N) is 4. The summed E-state index contributed by atoms with van der Waals surface area (Å²) in [7, 11) is 0. The van der Waals surface area contributed by atoms with E-state index in [4.69, 9.17) is 9.47 Å². The van der Waals surface area contributed by atoms with E-state index in [2.05, 4.69) is 10.00 Å². The fourth-order valence-electron chi connectivity index (χ4n) is 5.11. The van der Waals surface area contributed by atoms with Gasteiger partial charge in [0, 0.05) is 26.2 Å². The Morgan fingerprint density at radius 3 is 2.46 bits per heavy atom. The maximum Gasteiger partial charge on any atom is 0.295 e. The number of hydrogen-bond acceptors (Lipinski definition) is 7. The number of aliphatic hydroxyl groups is 1. The van der Waals surface area contributed by atoms with Crippen LogP contribution in [0.5, 0.6) is 5.75 Å². The van der Waals surface area contributed by atoms with Crippen molar-refractivity contribution in [2.24, 2.45) is 0 Å².